The molecule has 0 fully saturated rings. The Morgan fingerprint density at radius 2 is 2.09 bits per heavy atom. The van der Waals surface area contributed by atoms with Crippen LogP contribution >= 0.6 is 22.6 Å². The van der Waals surface area contributed by atoms with Gasteiger partial charge in [0.05, 0.1) is 5.69 Å². The van der Waals surface area contributed by atoms with Crippen LogP contribution in [0, 0.1) is 10.5 Å². The zero-order chi connectivity index (χ0) is 24.1. The van der Waals surface area contributed by atoms with E-state index < -0.39 is 0 Å². The zero-order valence-corrected chi connectivity index (χ0v) is 21.8. The van der Waals surface area contributed by atoms with Crippen molar-refractivity contribution in [2.75, 3.05) is 0 Å². The molecule has 1 aromatic carbocycles. The minimum absolute atomic E-state index is 0.0593. The molecule has 4 aromatic rings. The van der Waals surface area contributed by atoms with Crippen LogP contribution in [-0.2, 0) is 25.0 Å². The smallest absolute Gasteiger partial charge is 0.220 e. The standard InChI is InChI=1S/C26H28IN5O2/c1-4-5-9-25(33)29-14-18-13-28-15-22(27)21(18)16-34-24-8-6-7-19-20(12-17(2)31-26(19)24)23-10-11-30-32(23)3/h6-8,10-13,15H,4-5,9,14,16H2,1-3H3,(H,29,33). The molecule has 0 atom stereocenters. The molecule has 1 amide bonds. The molecule has 0 saturated heterocycles. The van der Waals surface area contributed by atoms with Crippen molar-refractivity contribution >= 4 is 39.4 Å². The summed E-state index contributed by atoms with van der Waals surface area (Å²) in [6.45, 7) is 4.86. The first-order valence-corrected chi connectivity index (χ1v) is 12.4. The Morgan fingerprint density at radius 1 is 1.24 bits per heavy atom. The number of nitrogens with one attached hydrogen (secondary N) is 1. The molecule has 0 aliphatic rings. The van der Waals surface area contributed by atoms with Gasteiger partial charge in [0.2, 0.25) is 5.91 Å². The summed E-state index contributed by atoms with van der Waals surface area (Å²) in [5.74, 6) is 0.777. The highest BCUT2D eigenvalue weighted by Crippen LogP contribution is 2.33. The molecule has 0 spiro atoms. The number of aryl methyl sites for hydroxylation is 2. The fourth-order valence-electron chi connectivity index (χ4n) is 3.90. The van der Waals surface area contributed by atoms with Crippen molar-refractivity contribution in [3.63, 3.8) is 0 Å². The molecule has 176 valence electrons. The summed E-state index contributed by atoms with van der Waals surface area (Å²) in [4.78, 5) is 21.2. The largest absolute Gasteiger partial charge is 0.487 e. The van der Waals surface area contributed by atoms with E-state index in [1.165, 1.54) is 0 Å². The maximum atomic E-state index is 12.1. The molecule has 4 rings (SSSR count). The summed E-state index contributed by atoms with van der Waals surface area (Å²) in [5, 5.41) is 8.34. The fourth-order valence-corrected chi connectivity index (χ4v) is 4.56. The van der Waals surface area contributed by atoms with Gasteiger partial charge in [-0.1, -0.05) is 25.5 Å². The number of ether oxygens (including phenoxy) is 1. The molecule has 0 aliphatic carbocycles. The highest BCUT2D eigenvalue weighted by atomic mass is 127. The van der Waals surface area contributed by atoms with Crippen LogP contribution < -0.4 is 10.1 Å². The molecule has 0 unspecified atom stereocenters. The van der Waals surface area contributed by atoms with E-state index in [1.54, 1.807) is 12.4 Å². The van der Waals surface area contributed by atoms with Crippen molar-refractivity contribution in [2.45, 2.75) is 46.3 Å². The van der Waals surface area contributed by atoms with Crippen molar-refractivity contribution in [3.8, 4) is 17.0 Å². The highest BCUT2D eigenvalue weighted by molar-refractivity contribution is 14.1. The molecule has 1 N–H and O–H groups in total. The monoisotopic (exact) mass is 569 g/mol. The van der Waals surface area contributed by atoms with Crippen LogP contribution in [0.3, 0.4) is 0 Å². The number of hydrogen-bond donors (Lipinski definition) is 1. The van der Waals surface area contributed by atoms with Crippen LogP contribution in [0.5, 0.6) is 5.75 Å². The van der Waals surface area contributed by atoms with Gasteiger partial charge in [-0.15, -0.1) is 0 Å². The van der Waals surface area contributed by atoms with Crippen LogP contribution in [0.1, 0.15) is 43.0 Å². The van der Waals surface area contributed by atoms with E-state index in [-0.39, 0.29) is 5.91 Å². The number of fused-ring (bicyclic) bond motifs is 1. The van der Waals surface area contributed by atoms with Crippen molar-refractivity contribution in [1.29, 1.82) is 0 Å². The summed E-state index contributed by atoms with van der Waals surface area (Å²) in [5.41, 5.74) is 5.80. The third-order valence-electron chi connectivity index (χ3n) is 5.73. The first-order valence-electron chi connectivity index (χ1n) is 11.4. The summed E-state index contributed by atoms with van der Waals surface area (Å²) in [6.07, 6.45) is 7.84. The third-order valence-corrected chi connectivity index (χ3v) is 6.66. The van der Waals surface area contributed by atoms with Gasteiger partial charge in [0.15, 0.2) is 0 Å². The van der Waals surface area contributed by atoms with Crippen LogP contribution in [0.2, 0.25) is 0 Å². The number of para-hydroxylation sites is 1. The molecule has 34 heavy (non-hydrogen) atoms. The Morgan fingerprint density at radius 3 is 2.85 bits per heavy atom. The van der Waals surface area contributed by atoms with Crippen LogP contribution in [0.25, 0.3) is 22.2 Å². The van der Waals surface area contributed by atoms with E-state index in [0.717, 1.165) is 61.1 Å². The molecule has 3 heterocycles. The van der Waals surface area contributed by atoms with Crippen molar-refractivity contribution in [1.82, 2.24) is 25.1 Å². The Bertz CT molecular complexity index is 1320. The van der Waals surface area contributed by atoms with Crippen molar-refractivity contribution in [3.05, 3.63) is 69.3 Å². The SMILES string of the molecule is CCCCC(=O)NCc1cncc(I)c1COc1cccc2c(-c3ccnn3C)cc(C)nc12. The lowest BCUT2D eigenvalue weighted by molar-refractivity contribution is -0.121. The topological polar surface area (TPSA) is 81.9 Å². The van der Waals surface area contributed by atoms with E-state index in [2.05, 4.69) is 57.0 Å². The number of carbonyl (C=O) groups excluding carboxylic acids is 1. The van der Waals surface area contributed by atoms with Crippen molar-refractivity contribution in [2.24, 2.45) is 7.05 Å². The molecular weight excluding hydrogens is 541 g/mol. The summed E-state index contributed by atoms with van der Waals surface area (Å²) < 4.78 is 9.19. The number of nitrogens with zero attached hydrogens (tertiary/aromatic N) is 4. The van der Waals surface area contributed by atoms with Gasteiger partial charge in [0.25, 0.3) is 0 Å². The Hall–Kier alpha value is -3.01. The predicted octanol–water partition coefficient (Wildman–Crippen LogP) is 5.33. The third kappa shape index (κ3) is 5.38. The van der Waals surface area contributed by atoms with Gasteiger partial charge in [-0.25, -0.2) is 4.98 Å². The molecule has 0 saturated carbocycles. The first kappa shape index (κ1) is 24.1. The molecule has 0 aliphatic heterocycles. The van der Waals surface area contributed by atoms with Gasteiger partial charge >= 0.3 is 0 Å². The number of unbranched alkanes of at least 4 members (excludes halogenated alkanes) is 1. The molecule has 0 bridgehead atoms. The summed E-state index contributed by atoms with van der Waals surface area (Å²) in [7, 11) is 1.94. The number of carbonyl (C=O) groups is 1. The van der Waals surface area contributed by atoms with E-state index in [0.29, 0.717) is 19.6 Å². The van der Waals surface area contributed by atoms with Crippen LogP contribution in [-0.4, -0.2) is 25.7 Å². The quantitative estimate of drug-likeness (QED) is 0.276. The Labute approximate surface area is 213 Å². The van der Waals surface area contributed by atoms with E-state index in [1.807, 2.05) is 43.0 Å². The molecule has 3 aromatic heterocycles. The number of hydrogen-bond acceptors (Lipinski definition) is 5. The number of aromatic nitrogens is 4. The van der Waals surface area contributed by atoms with E-state index in [4.69, 9.17) is 9.72 Å². The van der Waals surface area contributed by atoms with E-state index >= 15 is 0 Å². The lowest BCUT2D eigenvalue weighted by Crippen LogP contribution is -2.23. The van der Waals surface area contributed by atoms with Crippen LogP contribution in [0.15, 0.2) is 48.9 Å². The van der Waals surface area contributed by atoms with Gasteiger partial charge < -0.3 is 10.1 Å². The predicted molar refractivity (Wildman–Crippen MR) is 141 cm³/mol. The molecule has 7 nitrogen and oxygen atoms in total. The number of rotatable bonds is 9. The lowest BCUT2D eigenvalue weighted by Gasteiger charge is -2.15. The lowest BCUT2D eigenvalue weighted by atomic mass is 10.0. The number of halogens is 1. The van der Waals surface area contributed by atoms with Crippen LogP contribution in [0.4, 0.5) is 0 Å². The van der Waals surface area contributed by atoms with Gasteiger partial charge in [-0.2, -0.15) is 5.10 Å². The second-order valence-electron chi connectivity index (χ2n) is 8.23. The minimum Gasteiger partial charge on any atom is -0.487 e. The molecular formula is C26H28IN5O2. The second-order valence-corrected chi connectivity index (χ2v) is 9.39. The average molecular weight is 569 g/mol. The van der Waals surface area contributed by atoms with Gasteiger partial charge in [0.1, 0.15) is 17.9 Å². The normalized spacial score (nSPS) is 11.1. The maximum Gasteiger partial charge on any atom is 0.220 e. The number of amides is 1. The summed E-state index contributed by atoms with van der Waals surface area (Å²) >= 11 is 2.27. The fraction of sp³-hybridized carbons (Fsp3) is 0.308. The first-order chi connectivity index (χ1) is 16.5. The molecule has 0 radical (unpaired) electrons. The maximum absolute atomic E-state index is 12.1. The van der Waals surface area contributed by atoms with Crippen molar-refractivity contribution < 1.29 is 9.53 Å². The second kappa shape index (κ2) is 10.9. The summed E-state index contributed by atoms with van der Waals surface area (Å²) in [6, 6.07) is 10.1. The minimum atomic E-state index is 0.0593. The molecule has 8 heteroatoms. The Kier molecular flexibility index (Phi) is 7.77. The number of benzene rings is 1. The van der Waals surface area contributed by atoms with Gasteiger partial charge in [-0.3, -0.25) is 14.5 Å². The van der Waals surface area contributed by atoms with Gasteiger partial charge in [-0.05, 0) is 59.7 Å². The van der Waals surface area contributed by atoms with Gasteiger partial charge in [0, 0.05) is 64.4 Å². The van der Waals surface area contributed by atoms with E-state index in [9.17, 15) is 4.79 Å². The average Bonchev–Trinajstić information content (AvgIpc) is 3.26. The Balaban J connectivity index is 1.61. The highest BCUT2D eigenvalue weighted by Gasteiger charge is 2.15. The zero-order valence-electron chi connectivity index (χ0n) is 19.6. The number of pyridine rings is 2.